The molecule has 0 fully saturated rings. The van der Waals surface area contributed by atoms with Crippen LogP contribution in [-0.2, 0) is 0 Å². The smallest absolute Gasteiger partial charge is 0.113 e. The van der Waals surface area contributed by atoms with Gasteiger partial charge >= 0.3 is 0 Å². The maximum Gasteiger partial charge on any atom is 0.113 e. The summed E-state index contributed by atoms with van der Waals surface area (Å²) in [6.07, 6.45) is 6.97. The second-order valence-corrected chi connectivity index (χ2v) is 3.07. The Hall–Kier alpha value is -0.800. The van der Waals surface area contributed by atoms with Gasteiger partial charge in [0.2, 0.25) is 0 Å². The highest BCUT2D eigenvalue weighted by Crippen LogP contribution is 1.94. The highest BCUT2D eigenvalue weighted by molar-refractivity contribution is 5.10. The van der Waals surface area contributed by atoms with Crippen molar-refractivity contribution < 1.29 is 5.11 Å². The lowest BCUT2D eigenvalue weighted by Crippen LogP contribution is -2.13. The predicted molar refractivity (Wildman–Crippen MR) is 56.3 cm³/mol. The fourth-order valence-electron chi connectivity index (χ4n) is 0.859. The maximum absolute atomic E-state index is 8.63. The Morgan fingerprint density at radius 1 is 1.46 bits per heavy atom. The molecule has 0 saturated heterocycles. The van der Waals surface area contributed by atoms with E-state index < -0.39 is 0 Å². The van der Waals surface area contributed by atoms with Gasteiger partial charge in [-0.3, -0.25) is 0 Å². The molecule has 0 aliphatic heterocycles. The van der Waals surface area contributed by atoms with Gasteiger partial charge in [-0.15, -0.1) is 0 Å². The van der Waals surface area contributed by atoms with E-state index >= 15 is 0 Å². The van der Waals surface area contributed by atoms with E-state index in [1.165, 1.54) is 0 Å². The van der Waals surface area contributed by atoms with Crippen LogP contribution in [0.1, 0.15) is 13.3 Å². The largest absolute Gasteiger partial charge is 0.377 e. The van der Waals surface area contributed by atoms with Crippen molar-refractivity contribution in [3.8, 4) is 0 Å². The van der Waals surface area contributed by atoms with Crippen LogP contribution in [0.25, 0.3) is 0 Å². The van der Waals surface area contributed by atoms with Gasteiger partial charge < -0.3 is 15.3 Å². The van der Waals surface area contributed by atoms with Gasteiger partial charge in [0.1, 0.15) is 6.73 Å². The summed E-state index contributed by atoms with van der Waals surface area (Å²) < 4.78 is 0. The second kappa shape index (κ2) is 7.83. The second-order valence-electron chi connectivity index (χ2n) is 3.07. The zero-order valence-electron chi connectivity index (χ0n) is 8.75. The van der Waals surface area contributed by atoms with Crippen LogP contribution in [0, 0.1) is 0 Å². The first kappa shape index (κ1) is 12.2. The predicted octanol–water partition coefficient (Wildman–Crippen LogP) is 0.938. The number of allylic oxidation sites excluding steroid dienone is 3. The molecule has 0 radical (unpaired) electrons. The molecule has 0 heterocycles. The van der Waals surface area contributed by atoms with Crippen molar-refractivity contribution in [2.45, 2.75) is 13.3 Å². The average molecular weight is 184 g/mol. The Balaban J connectivity index is 3.83. The standard InChI is InChI=1S/C10H20N2O/c1-4-10(11-9-13)7-5-6-8-12(2)3/h5-7,11,13H,4,8-9H2,1-3H3/b6-5-,10-7+. The van der Waals surface area contributed by atoms with E-state index in [1.54, 1.807) is 0 Å². The van der Waals surface area contributed by atoms with Crippen LogP contribution >= 0.6 is 0 Å². The van der Waals surface area contributed by atoms with Crippen molar-refractivity contribution in [1.29, 1.82) is 0 Å². The fourth-order valence-corrected chi connectivity index (χ4v) is 0.859. The number of nitrogens with one attached hydrogen (secondary N) is 1. The zero-order chi connectivity index (χ0) is 10.1. The average Bonchev–Trinajstić information content (AvgIpc) is 2.10. The van der Waals surface area contributed by atoms with E-state index in [9.17, 15) is 0 Å². The molecule has 0 atom stereocenters. The minimum absolute atomic E-state index is 0.00118. The van der Waals surface area contributed by atoms with Crippen LogP contribution in [0.2, 0.25) is 0 Å². The molecule has 0 aromatic carbocycles. The number of nitrogens with zero attached hydrogens (tertiary/aromatic N) is 1. The normalized spacial score (nSPS) is 12.8. The van der Waals surface area contributed by atoms with Gasteiger partial charge in [0.05, 0.1) is 0 Å². The minimum atomic E-state index is 0.00118. The molecule has 2 N–H and O–H groups in total. The summed E-state index contributed by atoms with van der Waals surface area (Å²) in [7, 11) is 4.06. The minimum Gasteiger partial charge on any atom is -0.377 e. The van der Waals surface area contributed by atoms with Gasteiger partial charge in [0, 0.05) is 12.2 Å². The number of aliphatic hydroxyl groups excluding tert-OH is 1. The van der Waals surface area contributed by atoms with Crippen LogP contribution in [0.3, 0.4) is 0 Å². The Kier molecular flexibility index (Phi) is 7.35. The van der Waals surface area contributed by atoms with Crippen molar-refractivity contribution in [2.24, 2.45) is 0 Å². The van der Waals surface area contributed by atoms with E-state index in [0.717, 1.165) is 18.7 Å². The van der Waals surface area contributed by atoms with Gasteiger partial charge in [-0.1, -0.05) is 19.1 Å². The lowest BCUT2D eigenvalue weighted by atomic mass is 10.3. The number of hydrogen-bond acceptors (Lipinski definition) is 3. The monoisotopic (exact) mass is 184 g/mol. The lowest BCUT2D eigenvalue weighted by molar-refractivity contribution is 0.273. The molecule has 13 heavy (non-hydrogen) atoms. The third-order valence-corrected chi connectivity index (χ3v) is 1.59. The van der Waals surface area contributed by atoms with Crippen LogP contribution in [-0.4, -0.2) is 37.4 Å². The van der Waals surface area contributed by atoms with Crippen molar-refractivity contribution in [3.63, 3.8) is 0 Å². The molecule has 0 bridgehead atoms. The van der Waals surface area contributed by atoms with Crippen LogP contribution in [0.5, 0.6) is 0 Å². The lowest BCUT2D eigenvalue weighted by Gasteiger charge is -2.04. The Bertz CT molecular complexity index is 174. The molecule has 0 aromatic rings. The molecule has 0 aliphatic rings. The highest BCUT2D eigenvalue weighted by Gasteiger charge is 1.87. The molecule has 0 aliphatic carbocycles. The Morgan fingerprint density at radius 3 is 2.62 bits per heavy atom. The molecule has 0 unspecified atom stereocenters. The Morgan fingerprint density at radius 2 is 2.15 bits per heavy atom. The fraction of sp³-hybridized carbons (Fsp3) is 0.600. The number of hydrogen-bond donors (Lipinski definition) is 2. The summed E-state index contributed by atoms with van der Waals surface area (Å²) in [5.74, 6) is 0. The molecule has 0 saturated carbocycles. The molecule has 0 aromatic heterocycles. The van der Waals surface area contributed by atoms with E-state index in [4.69, 9.17) is 5.11 Å². The Labute approximate surface area is 80.7 Å². The van der Waals surface area contributed by atoms with E-state index in [1.807, 2.05) is 33.2 Å². The first-order valence-electron chi connectivity index (χ1n) is 4.55. The van der Waals surface area contributed by atoms with Gasteiger partial charge in [-0.25, -0.2) is 0 Å². The summed E-state index contributed by atoms with van der Waals surface area (Å²) in [6, 6.07) is 0. The summed E-state index contributed by atoms with van der Waals surface area (Å²) >= 11 is 0. The summed E-state index contributed by atoms with van der Waals surface area (Å²) in [4.78, 5) is 2.09. The molecule has 0 amide bonds. The SMILES string of the molecule is CC/C(=C\C=C/CN(C)C)NCO. The third kappa shape index (κ3) is 7.56. The van der Waals surface area contributed by atoms with E-state index in [0.29, 0.717) is 0 Å². The van der Waals surface area contributed by atoms with Crippen LogP contribution in [0.4, 0.5) is 0 Å². The van der Waals surface area contributed by atoms with Crippen molar-refractivity contribution in [1.82, 2.24) is 10.2 Å². The quantitative estimate of drug-likeness (QED) is 0.476. The molecular weight excluding hydrogens is 164 g/mol. The van der Waals surface area contributed by atoms with Crippen molar-refractivity contribution >= 4 is 0 Å². The van der Waals surface area contributed by atoms with Crippen molar-refractivity contribution in [2.75, 3.05) is 27.4 Å². The van der Waals surface area contributed by atoms with Gasteiger partial charge in [-0.05, 0) is 26.6 Å². The van der Waals surface area contributed by atoms with Crippen molar-refractivity contribution in [3.05, 3.63) is 23.9 Å². The molecule has 0 spiro atoms. The van der Waals surface area contributed by atoms with Gasteiger partial charge in [0.15, 0.2) is 0 Å². The molecular formula is C10H20N2O. The summed E-state index contributed by atoms with van der Waals surface area (Å²) in [6.45, 7) is 2.99. The molecule has 3 heteroatoms. The third-order valence-electron chi connectivity index (χ3n) is 1.59. The van der Waals surface area contributed by atoms with Gasteiger partial charge in [-0.2, -0.15) is 0 Å². The van der Waals surface area contributed by atoms with E-state index in [-0.39, 0.29) is 6.73 Å². The van der Waals surface area contributed by atoms with Crippen LogP contribution < -0.4 is 5.32 Å². The summed E-state index contributed by atoms with van der Waals surface area (Å²) in [5, 5.41) is 11.5. The zero-order valence-corrected chi connectivity index (χ0v) is 8.75. The number of aliphatic hydroxyl groups is 1. The first-order chi connectivity index (χ1) is 6.20. The topological polar surface area (TPSA) is 35.5 Å². The first-order valence-corrected chi connectivity index (χ1v) is 4.55. The highest BCUT2D eigenvalue weighted by atomic mass is 16.3. The number of rotatable bonds is 6. The van der Waals surface area contributed by atoms with Gasteiger partial charge in [0.25, 0.3) is 0 Å². The van der Waals surface area contributed by atoms with Crippen LogP contribution in [0.15, 0.2) is 23.9 Å². The maximum atomic E-state index is 8.63. The number of likely N-dealkylation sites (N-methyl/N-ethyl adjacent to an activating group) is 1. The molecule has 3 nitrogen and oxygen atoms in total. The van der Waals surface area contributed by atoms with E-state index in [2.05, 4.69) is 16.3 Å². The molecule has 0 rings (SSSR count). The summed E-state index contributed by atoms with van der Waals surface area (Å²) in [5.41, 5.74) is 1.05. The molecule has 76 valence electrons.